The lowest BCUT2D eigenvalue weighted by atomic mass is 9.86. The Labute approximate surface area is 195 Å². The minimum atomic E-state index is -0.925. The van der Waals surface area contributed by atoms with E-state index in [0.29, 0.717) is 5.56 Å². The highest BCUT2D eigenvalue weighted by atomic mass is 19.1. The van der Waals surface area contributed by atoms with E-state index >= 15 is 0 Å². The van der Waals surface area contributed by atoms with Crippen LogP contribution in [0.15, 0.2) is 48.6 Å². The van der Waals surface area contributed by atoms with Crippen LogP contribution in [0.4, 0.5) is 8.78 Å². The molecule has 1 aliphatic carbocycles. The van der Waals surface area contributed by atoms with Gasteiger partial charge in [-0.2, -0.15) is 0 Å². The molecular weight excluding hydrogens is 422 g/mol. The maximum absolute atomic E-state index is 13.7. The molecule has 2 aromatic rings. The molecule has 0 aromatic heterocycles. The number of halogens is 2. The average Bonchev–Trinajstić information content (AvgIpc) is 2.79. The van der Waals surface area contributed by atoms with Crippen LogP contribution >= 0.6 is 0 Å². The van der Waals surface area contributed by atoms with Crippen molar-refractivity contribution in [3.8, 4) is 0 Å². The predicted octanol–water partition coefficient (Wildman–Crippen LogP) is 4.55. The summed E-state index contributed by atoms with van der Waals surface area (Å²) in [6, 6.07) is 9.33. The third-order valence-corrected chi connectivity index (χ3v) is 6.23. The Morgan fingerprint density at radius 1 is 1.18 bits per heavy atom. The van der Waals surface area contributed by atoms with Crippen LogP contribution in [0, 0.1) is 11.6 Å². The van der Waals surface area contributed by atoms with Crippen molar-refractivity contribution < 1.29 is 18.7 Å². The Balaban J connectivity index is 1.72. The molecule has 3 rings (SSSR count). The molecule has 33 heavy (non-hydrogen) atoms. The van der Waals surface area contributed by atoms with E-state index in [4.69, 9.17) is 0 Å². The number of hydrogen-bond donors (Lipinski definition) is 3. The molecule has 3 atom stereocenters. The van der Waals surface area contributed by atoms with Gasteiger partial charge in [-0.15, -0.1) is 0 Å². The Morgan fingerprint density at radius 3 is 2.64 bits per heavy atom. The number of hydrogen-bond acceptors (Lipinski definition) is 3. The topological polar surface area (TPSA) is 61.4 Å². The van der Waals surface area contributed by atoms with Crippen LogP contribution in [0.1, 0.15) is 61.4 Å². The third-order valence-electron chi connectivity index (χ3n) is 6.23. The van der Waals surface area contributed by atoms with Gasteiger partial charge < -0.3 is 15.7 Å². The van der Waals surface area contributed by atoms with Crippen LogP contribution in [0.2, 0.25) is 0 Å². The van der Waals surface area contributed by atoms with E-state index in [-0.39, 0.29) is 31.3 Å². The number of fused-ring (bicyclic) bond motifs is 1. The number of rotatable bonds is 10. The van der Waals surface area contributed by atoms with Crippen LogP contribution in [0.25, 0.3) is 0 Å². The molecule has 0 saturated heterocycles. The first-order valence-corrected chi connectivity index (χ1v) is 11.8. The maximum Gasteiger partial charge on any atom is 0.224 e. The number of aryl methyl sites for hydroxylation is 2. The molecule has 0 aliphatic heterocycles. The van der Waals surface area contributed by atoms with Crippen molar-refractivity contribution in [2.24, 2.45) is 0 Å². The number of benzene rings is 2. The van der Waals surface area contributed by atoms with E-state index in [1.807, 2.05) is 6.92 Å². The molecule has 4 nitrogen and oxygen atoms in total. The maximum atomic E-state index is 13.7. The van der Waals surface area contributed by atoms with E-state index in [2.05, 4.69) is 35.8 Å². The molecule has 0 spiro atoms. The number of allylic oxidation sites excluding steroid dienone is 1. The van der Waals surface area contributed by atoms with Gasteiger partial charge in [0.15, 0.2) is 0 Å². The monoisotopic (exact) mass is 456 g/mol. The van der Waals surface area contributed by atoms with Crippen molar-refractivity contribution in [3.63, 3.8) is 0 Å². The van der Waals surface area contributed by atoms with Gasteiger partial charge in [-0.25, -0.2) is 8.78 Å². The summed E-state index contributed by atoms with van der Waals surface area (Å²) in [6.07, 6.45) is 6.94. The quantitative estimate of drug-likeness (QED) is 0.460. The Morgan fingerprint density at radius 2 is 1.94 bits per heavy atom. The van der Waals surface area contributed by atoms with Gasteiger partial charge in [-0.1, -0.05) is 37.3 Å². The summed E-state index contributed by atoms with van der Waals surface area (Å²) in [4.78, 5) is 12.3. The molecule has 1 aliphatic rings. The van der Waals surface area contributed by atoms with Crippen LogP contribution in [0.3, 0.4) is 0 Å². The molecule has 0 heterocycles. The van der Waals surface area contributed by atoms with Crippen LogP contribution in [-0.2, 0) is 24.1 Å². The predicted molar refractivity (Wildman–Crippen MR) is 127 cm³/mol. The van der Waals surface area contributed by atoms with Crippen LogP contribution in [-0.4, -0.2) is 29.7 Å². The lowest BCUT2D eigenvalue weighted by Crippen LogP contribution is -2.49. The molecule has 2 aromatic carbocycles. The smallest absolute Gasteiger partial charge is 0.224 e. The minimum Gasteiger partial charge on any atom is -0.390 e. The van der Waals surface area contributed by atoms with E-state index < -0.39 is 23.8 Å². The SMILES string of the molecule is C/C=C/CC(=O)NC(Cc1cc(F)cc(F)c1)[C@H](O)CN[C@H]1CCCc2ccc(CC)cc21. The van der Waals surface area contributed by atoms with Gasteiger partial charge in [-0.3, -0.25) is 4.79 Å². The molecule has 1 unspecified atom stereocenters. The fourth-order valence-electron chi connectivity index (χ4n) is 4.44. The second kappa shape index (κ2) is 12.1. The Bertz CT molecular complexity index is 956. The molecule has 6 heteroatoms. The first-order chi connectivity index (χ1) is 15.9. The van der Waals surface area contributed by atoms with Crippen molar-refractivity contribution in [3.05, 3.63) is 82.4 Å². The van der Waals surface area contributed by atoms with Crippen LogP contribution in [0.5, 0.6) is 0 Å². The number of aliphatic hydroxyl groups is 1. The summed E-state index contributed by atoms with van der Waals surface area (Å²) in [5.74, 6) is -1.60. The first-order valence-electron chi connectivity index (χ1n) is 11.8. The Kier molecular flexibility index (Phi) is 9.15. The lowest BCUT2D eigenvalue weighted by Gasteiger charge is -2.30. The Hall–Kier alpha value is -2.57. The normalized spacial score (nSPS) is 17.5. The highest BCUT2D eigenvalue weighted by Crippen LogP contribution is 2.30. The van der Waals surface area contributed by atoms with Crippen molar-refractivity contribution in [1.29, 1.82) is 0 Å². The molecular formula is C27H34F2N2O2. The van der Waals surface area contributed by atoms with Crippen molar-refractivity contribution in [2.45, 2.75) is 70.6 Å². The molecule has 0 bridgehead atoms. The summed E-state index contributed by atoms with van der Waals surface area (Å²) in [6.45, 7) is 4.21. The standard InChI is InChI=1S/C27H34F2N2O2/c1-3-5-9-27(33)31-25(15-19-12-21(28)16-22(29)13-19)26(32)17-30-24-8-6-7-20-11-10-18(4-2)14-23(20)24/h3,5,10-14,16,24-26,30,32H,4,6-9,15,17H2,1-2H3,(H,31,33)/b5-3+/t24-,25?,26+/m0/s1. The molecule has 3 N–H and O–H groups in total. The minimum absolute atomic E-state index is 0.125. The first kappa shape index (κ1) is 25.1. The summed E-state index contributed by atoms with van der Waals surface area (Å²) in [5, 5.41) is 17.3. The van der Waals surface area contributed by atoms with E-state index in [1.165, 1.54) is 28.8 Å². The molecule has 0 fully saturated rings. The van der Waals surface area contributed by atoms with E-state index in [1.54, 1.807) is 12.2 Å². The highest BCUT2D eigenvalue weighted by molar-refractivity contribution is 5.77. The van der Waals surface area contributed by atoms with Gasteiger partial charge in [0, 0.05) is 25.1 Å². The number of aliphatic hydroxyl groups excluding tert-OH is 1. The van der Waals surface area contributed by atoms with Gasteiger partial charge >= 0.3 is 0 Å². The fraction of sp³-hybridized carbons (Fsp3) is 0.444. The van der Waals surface area contributed by atoms with E-state index in [9.17, 15) is 18.7 Å². The molecule has 1 amide bonds. The van der Waals surface area contributed by atoms with Gasteiger partial charge in [0.05, 0.1) is 12.1 Å². The van der Waals surface area contributed by atoms with Crippen LogP contribution < -0.4 is 10.6 Å². The van der Waals surface area contributed by atoms with Crippen molar-refractivity contribution >= 4 is 5.91 Å². The zero-order chi connectivity index (χ0) is 23.8. The van der Waals surface area contributed by atoms with E-state index in [0.717, 1.165) is 31.7 Å². The summed E-state index contributed by atoms with van der Waals surface area (Å²) >= 11 is 0. The highest BCUT2D eigenvalue weighted by Gasteiger charge is 2.25. The number of nitrogens with one attached hydrogen (secondary N) is 2. The fourth-order valence-corrected chi connectivity index (χ4v) is 4.44. The van der Waals surface area contributed by atoms with Gasteiger partial charge in [0.1, 0.15) is 11.6 Å². The zero-order valence-corrected chi connectivity index (χ0v) is 19.4. The number of amides is 1. The zero-order valence-electron chi connectivity index (χ0n) is 19.4. The third kappa shape index (κ3) is 7.21. The molecule has 178 valence electrons. The van der Waals surface area contributed by atoms with Crippen molar-refractivity contribution in [2.75, 3.05) is 6.54 Å². The summed E-state index contributed by atoms with van der Waals surface area (Å²) < 4.78 is 27.4. The van der Waals surface area contributed by atoms with Gasteiger partial charge in [-0.05, 0) is 73.4 Å². The second-order valence-corrected chi connectivity index (χ2v) is 8.74. The van der Waals surface area contributed by atoms with Crippen molar-refractivity contribution in [1.82, 2.24) is 10.6 Å². The lowest BCUT2D eigenvalue weighted by molar-refractivity contribution is -0.121. The average molecular weight is 457 g/mol. The molecule has 0 saturated carbocycles. The number of carbonyl (C=O) groups is 1. The largest absolute Gasteiger partial charge is 0.390 e. The van der Waals surface area contributed by atoms with Gasteiger partial charge in [0.2, 0.25) is 5.91 Å². The van der Waals surface area contributed by atoms with Gasteiger partial charge in [0.25, 0.3) is 0 Å². The number of carbonyl (C=O) groups excluding carboxylic acids is 1. The molecule has 0 radical (unpaired) electrons. The summed E-state index contributed by atoms with van der Waals surface area (Å²) in [5.41, 5.74) is 4.27. The summed E-state index contributed by atoms with van der Waals surface area (Å²) in [7, 11) is 0. The second-order valence-electron chi connectivity index (χ2n) is 8.74.